The molecule has 2 saturated heterocycles. The summed E-state index contributed by atoms with van der Waals surface area (Å²) < 4.78 is -0.421. The first-order chi connectivity index (χ1) is 5.93. The van der Waals surface area contributed by atoms with Gasteiger partial charge in [-0.05, 0) is 13.8 Å². The van der Waals surface area contributed by atoms with Crippen LogP contribution in [0.5, 0.6) is 0 Å². The number of amides is 1. The van der Waals surface area contributed by atoms with E-state index >= 15 is 0 Å². The summed E-state index contributed by atoms with van der Waals surface area (Å²) in [5.41, 5.74) is 0. The molecule has 6 heteroatoms. The minimum absolute atomic E-state index is 0. The third-order valence-electron chi connectivity index (χ3n) is 2.55. The van der Waals surface area contributed by atoms with Gasteiger partial charge in [0.1, 0.15) is 0 Å². The molecule has 0 unspecified atom stereocenters. The molecule has 1 amide bonds. The first kappa shape index (κ1) is 13.0. The Labute approximate surface area is 129 Å². The topological polar surface area (TPSA) is 60.4 Å². The Morgan fingerprint density at radius 3 is 2.57 bits per heavy atom. The van der Waals surface area contributed by atoms with E-state index in [2.05, 4.69) is 0 Å². The van der Waals surface area contributed by atoms with Crippen molar-refractivity contribution in [3.05, 3.63) is 0 Å². The van der Waals surface area contributed by atoms with Crippen molar-refractivity contribution in [1.29, 1.82) is 0 Å². The van der Waals surface area contributed by atoms with E-state index in [9.17, 15) is 14.7 Å². The second kappa shape index (κ2) is 4.06. The molecule has 4 nitrogen and oxygen atoms in total. The van der Waals surface area contributed by atoms with Gasteiger partial charge < -0.3 is 14.8 Å². The number of rotatable bonds is 1. The number of nitrogens with zero attached hydrogens (tertiary/aromatic N) is 1. The fourth-order valence-corrected chi connectivity index (χ4v) is 3.58. The smallest absolute Gasteiger partial charge is 0.548 e. The van der Waals surface area contributed by atoms with E-state index < -0.39 is 16.8 Å². The predicted octanol–water partition coefficient (Wildman–Crippen LogP) is -3.81. The van der Waals surface area contributed by atoms with Crippen molar-refractivity contribution in [2.45, 2.75) is 36.4 Å². The minimum atomic E-state index is -1.15. The second-order valence-electron chi connectivity index (χ2n) is 3.90. The van der Waals surface area contributed by atoms with Gasteiger partial charge in [0.2, 0.25) is 5.91 Å². The Bertz CT molecular complexity index is 294. The summed E-state index contributed by atoms with van der Waals surface area (Å²) in [7, 11) is 0. The van der Waals surface area contributed by atoms with Gasteiger partial charge in [-0.2, -0.15) is 0 Å². The third-order valence-corrected chi connectivity index (χ3v) is 4.04. The summed E-state index contributed by atoms with van der Waals surface area (Å²) in [6, 6.07) is -0.760. The molecule has 14 heavy (non-hydrogen) atoms. The molecule has 0 aromatic carbocycles. The van der Waals surface area contributed by atoms with Crippen LogP contribution in [0.4, 0.5) is 0 Å². The van der Waals surface area contributed by atoms with Gasteiger partial charge in [0.05, 0.1) is 23.8 Å². The first-order valence-electron chi connectivity index (χ1n) is 4.13. The maximum absolute atomic E-state index is 11.1. The van der Waals surface area contributed by atoms with Crippen molar-refractivity contribution in [1.82, 2.24) is 4.90 Å². The van der Waals surface area contributed by atoms with Crippen LogP contribution in [0.3, 0.4) is 0 Å². The van der Waals surface area contributed by atoms with E-state index in [4.69, 9.17) is 0 Å². The number of carboxylic acid groups (broad SMARTS) is 1. The summed E-state index contributed by atoms with van der Waals surface area (Å²) >= 11 is 1.54. The van der Waals surface area contributed by atoms with Crippen LogP contribution in [0.25, 0.3) is 0 Å². The minimum Gasteiger partial charge on any atom is -0.548 e. The van der Waals surface area contributed by atoms with Gasteiger partial charge in [-0.3, -0.25) is 4.79 Å². The molecule has 0 aliphatic carbocycles. The van der Waals surface area contributed by atoms with Gasteiger partial charge in [0.15, 0.2) is 0 Å². The predicted molar refractivity (Wildman–Crippen MR) is 45.7 cm³/mol. The zero-order valence-corrected chi connectivity index (χ0v) is 12.4. The number of β-lactam (4-membered cyclic amide) rings is 1. The number of carboxylic acids is 1. The van der Waals surface area contributed by atoms with Crippen LogP contribution >= 0.6 is 11.8 Å². The Morgan fingerprint density at radius 1 is 1.64 bits per heavy atom. The molecule has 2 fully saturated rings. The Morgan fingerprint density at radius 2 is 2.21 bits per heavy atom. The largest absolute Gasteiger partial charge is 1.00 e. The molecule has 0 bridgehead atoms. The number of hydrogen-bond donors (Lipinski definition) is 0. The number of thioether (sulfide) groups is 1. The van der Waals surface area contributed by atoms with Crippen molar-refractivity contribution < 1.29 is 66.1 Å². The van der Waals surface area contributed by atoms with Crippen molar-refractivity contribution in [2.24, 2.45) is 0 Å². The molecule has 0 N–H and O–H groups in total. The van der Waals surface area contributed by atoms with Gasteiger partial charge in [0, 0.05) is 4.75 Å². The van der Waals surface area contributed by atoms with Crippen LogP contribution in [-0.2, 0) is 9.59 Å². The maximum Gasteiger partial charge on any atom is 1.00 e. The standard InChI is InChI=1S/C8H11NO3S.K/c1-8(2)6(7(11)12)9-4(10)3-5(9)13-8;/h5-6H,3H2,1-2H3,(H,11,12);/q;+1/p-1/t5-,6+;/m1./s1. The van der Waals surface area contributed by atoms with Crippen molar-refractivity contribution >= 4 is 23.6 Å². The van der Waals surface area contributed by atoms with Crippen LogP contribution in [-0.4, -0.2) is 32.9 Å². The number of carbonyl (C=O) groups is 2. The summed E-state index contributed by atoms with van der Waals surface area (Å²) in [6.07, 6.45) is 0.470. The molecule has 0 spiro atoms. The van der Waals surface area contributed by atoms with Crippen LogP contribution in [0.15, 0.2) is 0 Å². The van der Waals surface area contributed by atoms with Crippen molar-refractivity contribution in [3.63, 3.8) is 0 Å². The van der Waals surface area contributed by atoms with Crippen molar-refractivity contribution in [2.75, 3.05) is 0 Å². The average molecular weight is 239 g/mol. The average Bonchev–Trinajstić information content (AvgIpc) is 2.18. The zero-order valence-electron chi connectivity index (χ0n) is 8.44. The molecule has 2 heterocycles. The van der Waals surface area contributed by atoms with E-state index in [0.717, 1.165) is 0 Å². The summed E-state index contributed by atoms with van der Waals surface area (Å²) in [4.78, 5) is 23.4. The summed E-state index contributed by atoms with van der Waals surface area (Å²) in [5, 5.41) is 10.9. The number of aliphatic carboxylic acids is 1. The molecule has 72 valence electrons. The van der Waals surface area contributed by atoms with Crippen LogP contribution in [0.2, 0.25) is 0 Å². The summed E-state index contributed by atoms with van der Waals surface area (Å²) in [6.45, 7) is 3.67. The Balaban J connectivity index is 0.000000980. The molecule has 2 rings (SSSR count). The van der Waals surface area contributed by atoms with Crippen LogP contribution in [0.1, 0.15) is 20.3 Å². The second-order valence-corrected chi connectivity index (χ2v) is 5.73. The molecule has 0 radical (unpaired) electrons. The van der Waals surface area contributed by atoms with E-state index in [1.807, 2.05) is 13.8 Å². The maximum atomic E-state index is 11.1. The zero-order chi connectivity index (χ0) is 9.80. The fraction of sp³-hybridized carbons (Fsp3) is 0.750. The molecular formula is C8H10KNO3S. The van der Waals surface area contributed by atoms with E-state index in [0.29, 0.717) is 6.42 Å². The van der Waals surface area contributed by atoms with Gasteiger partial charge in [-0.15, -0.1) is 11.8 Å². The van der Waals surface area contributed by atoms with Crippen molar-refractivity contribution in [3.8, 4) is 0 Å². The van der Waals surface area contributed by atoms with Gasteiger partial charge in [-0.1, -0.05) is 0 Å². The molecular weight excluding hydrogens is 229 g/mol. The fourth-order valence-electron chi connectivity index (χ4n) is 1.96. The Hall–Kier alpha value is 0.926. The number of fused-ring (bicyclic) bond motifs is 1. The number of carbonyl (C=O) groups excluding carboxylic acids is 2. The molecule has 2 atom stereocenters. The van der Waals surface area contributed by atoms with E-state index in [-0.39, 0.29) is 62.7 Å². The molecule has 2 aliphatic rings. The van der Waals surface area contributed by atoms with E-state index in [1.165, 1.54) is 4.90 Å². The molecule has 0 aromatic heterocycles. The molecule has 0 aromatic rings. The molecule has 2 aliphatic heterocycles. The van der Waals surface area contributed by atoms with E-state index in [1.54, 1.807) is 11.8 Å². The first-order valence-corrected chi connectivity index (χ1v) is 5.01. The normalized spacial score (nSPS) is 33.0. The van der Waals surface area contributed by atoms with Gasteiger partial charge >= 0.3 is 51.4 Å². The Kier molecular flexibility index (Phi) is 3.77. The third kappa shape index (κ3) is 1.80. The van der Waals surface area contributed by atoms with Crippen LogP contribution < -0.4 is 56.5 Å². The monoisotopic (exact) mass is 239 g/mol. The van der Waals surface area contributed by atoms with Crippen LogP contribution in [0, 0.1) is 0 Å². The quantitative estimate of drug-likeness (QED) is 0.348. The number of hydrogen-bond acceptors (Lipinski definition) is 4. The molecule has 0 saturated carbocycles. The SMILES string of the molecule is CC1(C)S[C@@H]2CC(=O)N2[C@H]1C(=O)[O-].[K+]. The summed E-state index contributed by atoms with van der Waals surface area (Å²) in [5.74, 6) is -1.22. The van der Waals surface area contributed by atoms with Gasteiger partial charge in [0.25, 0.3) is 0 Å². The van der Waals surface area contributed by atoms with Gasteiger partial charge in [-0.25, -0.2) is 0 Å².